The van der Waals surface area contributed by atoms with Gasteiger partial charge in [0.25, 0.3) is 0 Å². The summed E-state index contributed by atoms with van der Waals surface area (Å²) >= 11 is 0. The van der Waals surface area contributed by atoms with Gasteiger partial charge in [-0.25, -0.2) is 4.98 Å². The Balaban J connectivity index is 1.86. The fourth-order valence-corrected chi connectivity index (χ4v) is 3.46. The highest BCUT2D eigenvalue weighted by Crippen LogP contribution is 2.38. The molecule has 2 aliphatic rings. The van der Waals surface area contributed by atoms with Crippen LogP contribution in [0.5, 0.6) is 0 Å². The summed E-state index contributed by atoms with van der Waals surface area (Å²) in [6, 6.07) is 7.04. The number of fused-ring (bicyclic) bond motifs is 1. The predicted molar refractivity (Wildman–Crippen MR) is 71.5 cm³/mol. The number of pyridine rings is 1. The largest absolute Gasteiger partial charge is 0.373 e. The molecule has 2 unspecified atom stereocenters. The van der Waals surface area contributed by atoms with Crippen LogP contribution in [-0.2, 0) is 0 Å². The fourth-order valence-electron chi connectivity index (χ4n) is 3.46. The molecule has 92 valence electrons. The highest BCUT2D eigenvalue weighted by molar-refractivity contribution is 5.48. The van der Waals surface area contributed by atoms with Crippen molar-refractivity contribution in [2.24, 2.45) is 5.92 Å². The predicted octanol–water partition coefficient (Wildman–Crippen LogP) is 2.89. The zero-order valence-electron chi connectivity index (χ0n) is 10.5. The Bertz CT molecular complexity index is 391. The maximum absolute atomic E-state index is 4.69. The highest BCUT2D eigenvalue weighted by Gasteiger charge is 2.35. The minimum atomic E-state index is 0.753. The van der Waals surface area contributed by atoms with Crippen LogP contribution in [0.2, 0.25) is 0 Å². The van der Waals surface area contributed by atoms with Crippen molar-refractivity contribution in [2.45, 2.75) is 38.1 Å². The number of piperidine rings is 1. The average Bonchev–Trinajstić information content (AvgIpc) is 2.87. The zero-order valence-corrected chi connectivity index (χ0v) is 10.5. The summed E-state index contributed by atoms with van der Waals surface area (Å²) in [7, 11) is 1.93. The van der Waals surface area contributed by atoms with E-state index >= 15 is 0 Å². The lowest BCUT2D eigenvalue weighted by Gasteiger charge is -2.38. The standard InChI is InChI=1S/C14H21N3/c1-15-13-8-3-9-14(16-13)17-10-4-6-11-5-2-7-12(11)17/h3,8-9,11-12H,2,4-7,10H2,1H3,(H,15,16). The first-order chi connectivity index (χ1) is 8.38. The minimum Gasteiger partial charge on any atom is -0.373 e. The number of aromatic nitrogens is 1. The van der Waals surface area contributed by atoms with Crippen LogP contribution < -0.4 is 10.2 Å². The van der Waals surface area contributed by atoms with Gasteiger partial charge in [-0.05, 0) is 43.7 Å². The van der Waals surface area contributed by atoms with Gasteiger partial charge in [-0.3, -0.25) is 0 Å². The van der Waals surface area contributed by atoms with Crippen LogP contribution in [0, 0.1) is 5.92 Å². The summed E-state index contributed by atoms with van der Waals surface area (Å²) in [6.07, 6.45) is 6.93. The summed E-state index contributed by atoms with van der Waals surface area (Å²) in [6.45, 7) is 1.18. The van der Waals surface area contributed by atoms with E-state index in [1.165, 1.54) is 38.6 Å². The van der Waals surface area contributed by atoms with Gasteiger partial charge in [0.05, 0.1) is 0 Å². The van der Waals surface area contributed by atoms with E-state index in [1.54, 1.807) is 0 Å². The molecule has 1 aromatic rings. The molecule has 0 aromatic carbocycles. The maximum Gasteiger partial charge on any atom is 0.131 e. The lowest BCUT2D eigenvalue weighted by atomic mass is 9.92. The summed E-state index contributed by atoms with van der Waals surface area (Å²) in [4.78, 5) is 7.23. The first-order valence-corrected chi connectivity index (χ1v) is 6.80. The molecular weight excluding hydrogens is 210 g/mol. The van der Waals surface area contributed by atoms with Crippen molar-refractivity contribution >= 4 is 11.6 Å². The van der Waals surface area contributed by atoms with E-state index in [0.717, 1.165) is 23.6 Å². The second-order valence-corrected chi connectivity index (χ2v) is 5.22. The molecule has 3 rings (SSSR count). The van der Waals surface area contributed by atoms with Gasteiger partial charge in [-0.1, -0.05) is 12.5 Å². The molecule has 2 heterocycles. The second-order valence-electron chi connectivity index (χ2n) is 5.22. The Labute approximate surface area is 103 Å². The van der Waals surface area contributed by atoms with Crippen molar-refractivity contribution in [2.75, 3.05) is 23.8 Å². The third-order valence-corrected chi connectivity index (χ3v) is 4.28. The summed E-state index contributed by atoms with van der Waals surface area (Å²) in [5, 5.41) is 3.13. The zero-order chi connectivity index (χ0) is 11.7. The lowest BCUT2D eigenvalue weighted by Crippen LogP contribution is -2.43. The first kappa shape index (κ1) is 10.9. The van der Waals surface area contributed by atoms with Crippen LogP contribution in [0.15, 0.2) is 18.2 Å². The first-order valence-electron chi connectivity index (χ1n) is 6.80. The summed E-state index contributed by atoms with van der Waals surface area (Å²) in [5.74, 6) is 3.06. The van der Waals surface area contributed by atoms with Gasteiger partial charge in [0, 0.05) is 19.6 Å². The molecule has 1 aliphatic carbocycles. The SMILES string of the molecule is CNc1cccc(N2CCCC3CCCC32)n1. The third-order valence-electron chi connectivity index (χ3n) is 4.28. The number of anilines is 2. The van der Waals surface area contributed by atoms with E-state index in [9.17, 15) is 0 Å². The van der Waals surface area contributed by atoms with Crippen molar-refractivity contribution < 1.29 is 0 Å². The summed E-state index contributed by atoms with van der Waals surface area (Å²) < 4.78 is 0. The molecule has 3 heteroatoms. The summed E-state index contributed by atoms with van der Waals surface area (Å²) in [5.41, 5.74) is 0. The second kappa shape index (κ2) is 4.55. The molecule has 0 amide bonds. The van der Waals surface area contributed by atoms with Crippen molar-refractivity contribution in [1.82, 2.24) is 4.98 Å². The van der Waals surface area contributed by atoms with Crippen LogP contribution in [0.1, 0.15) is 32.1 Å². The fraction of sp³-hybridized carbons (Fsp3) is 0.643. The number of nitrogens with zero attached hydrogens (tertiary/aromatic N) is 2. The van der Waals surface area contributed by atoms with E-state index in [-0.39, 0.29) is 0 Å². The highest BCUT2D eigenvalue weighted by atomic mass is 15.2. The molecule has 3 nitrogen and oxygen atoms in total. The molecule has 2 fully saturated rings. The number of nitrogens with one attached hydrogen (secondary N) is 1. The average molecular weight is 231 g/mol. The molecule has 0 bridgehead atoms. The minimum absolute atomic E-state index is 0.753. The molecule has 0 radical (unpaired) electrons. The molecule has 1 N–H and O–H groups in total. The van der Waals surface area contributed by atoms with E-state index in [2.05, 4.69) is 22.3 Å². The Morgan fingerprint density at radius 1 is 1.24 bits per heavy atom. The van der Waals surface area contributed by atoms with Gasteiger partial charge in [0.1, 0.15) is 11.6 Å². The van der Waals surface area contributed by atoms with Gasteiger partial charge in [-0.2, -0.15) is 0 Å². The molecular formula is C14H21N3. The number of hydrogen-bond donors (Lipinski definition) is 1. The number of hydrogen-bond acceptors (Lipinski definition) is 3. The Morgan fingerprint density at radius 2 is 2.12 bits per heavy atom. The monoisotopic (exact) mass is 231 g/mol. The molecule has 1 aliphatic heterocycles. The van der Waals surface area contributed by atoms with Gasteiger partial charge >= 0.3 is 0 Å². The Hall–Kier alpha value is -1.25. The van der Waals surface area contributed by atoms with E-state index in [4.69, 9.17) is 4.98 Å². The molecule has 17 heavy (non-hydrogen) atoms. The quantitative estimate of drug-likeness (QED) is 0.848. The third kappa shape index (κ3) is 1.99. The van der Waals surface area contributed by atoms with Crippen LogP contribution in [0.25, 0.3) is 0 Å². The van der Waals surface area contributed by atoms with Crippen molar-refractivity contribution in [1.29, 1.82) is 0 Å². The van der Waals surface area contributed by atoms with E-state index < -0.39 is 0 Å². The van der Waals surface area contributed by atoms with Gasteiger partial charge < -0.3 is 10.2 Å². The van der Waals surface area contributed by atoms with Crippen LogP contribution in [-0.4, -0.2) is 24.6 Å². The maximum atomic E-state index is 4.69. The lowest BCUT2D eigenvalue weighted by molar-refractivity contribution is 0.360. The Kier molecular flexibility index (Phi) is 2.91. The Morgan fingerprint density at radius 3 is 3.00 bits per heavy atom. The van der Waals surface area contributed by atoms with Crippen LogP contribution in [0.4, 0.5) is 11.6 Å². The topological polar surface area (TPSA) is 28.2 Å². The van der Waals surface area contributed by atoms with Gasteiger partial charge in [0.2, 0.25) is 0 Å². The van der Waals surface area contributed by atoms with Crippen LogP contribution >= 0.6 is 0 Å². The van der Waals surface area contributed by atoms with Gasteiger partial charge in [0.15, 0.2) is 0 Å². The molecule has 1 saturated heterocycles. The normalized spacial score (nSPS) is 27.9. The van der Waals surface area contributed by atoms with E-state index in [1.807, 2.05) is 13.1 Å². The number of rotatable bonds is 2. The molecule has 2 atom stereocenters. The van der Waals surface area contributed by atoms with E-state index in [0.29, 0.717) is 0 Å². The van der Waals surface area contributed by atoms with Crippen molar-refractivity contribution in [3.63, 3.8) is 0 Å². The van der Waals surface area contributed by atoms with Crippen LogP contribution in [0.3, 0.4) is 0 Å². The molecule has 0 spiro atoms. The van der Waals surface area contributed by atoms with Crippen molar-refractivity contribution in [3.05, 3.63) is 18.2 Å². The smallest absolute Gasteiger partial charge is 0.131 e. The molecule has 1 saturated carbocycles. The van der Waals surface area contributed by atoms with Gasteiger partial charge in [-0.15, -0.1) is 0 Å². The molecule has 1 aromatic heterocycles. The van der Waals surface area contributed by atoms with Crippen molar-refractivity contribution in [3.8, 4) is 0 Å².